The topological polar surface area (TPSA) is 72.7 Å². The molecule has 1 fully saturated rings. The van der Waals surface area contributed by atoms with Gasteiger partial charge in [0.2, 0.25) is 11.9 Å². The summed E-state index contributed by atoms with van der Waals surface area (Å²) in [5.41, 5.74) is 1.91. The first kappa shape index (κ1) is 12.6. The van der Waals surface area contributed by atoms with Gasteiger partial charge in [0.05, 0.1) is 0 Å². The Balaban J connectivity index is 2.13. The van der Waals surface area contributed by atoms with Crippen LogP contribution in [0.3, 0.4) is 0 Å². The van der Waals surface area contributed by atoms with Gasteiger partial charge in [-0.1, -0.05) is 11.1 Å². The van der Waals surface area contributed by atoms with E-state index in [0.29, 0.717) is 11.8 Å². The molecule has 0 aliphatic carbocycles. The molecule has 2 aliphatic rings. The van der Waals surface area contributed by atoms with Gasteiger partial charge in [-0.05, 0) is 13.8 Å². The van der Waals surface area contributed by atoms with E-state index in [-0.39, 0.29) is 18.5 Å². The number of amides is 3. The van der Waals surface area contributed by atoms with Crippen LogP contribution in [0.15, 0.2) is 17.6 Å². The average molecular weight is 274 g/mol. The first-order chi connectivity index (χ1) is 9.47. The lowest BCUT2D eigenvalue weighted by molar-refractivity contribution is -0.682. The minimum atomic E-state index is -0.572. The summed E-state index contributed by atoms with van der Waals surface area (Å²) >= 11 is 0. The molecule has 3 rings (SSSR count). The molecular weight excluding hydrogens is 258 g/mol. The van der Waals surface area contributed by atoms with Gasteiger partial charge in [0, 0.05) is 13.6 Å². The maximum absolute atomic E-state index is 12.6. The molecule has 104 valence electrons. The number of carbonyl (C=O) groups is 2. The summed E-state index contributed by atoms with van der Waals surface area (Å²) in [5, 5.41) is 0. The van der Waals surface area contributed by atoms with Crippen LogP contribution in [0.5, 0.6) is 0 Å². The van der Waals surface area contributed by atoms with Crippen molar-refractivity contribution < 1.29 is 14.2 Å². The third kappa shape index (κ3) is 1.40. The third-order valence-electron chi connectivity index (χ3n) is 3.83. The van der Waals surface area contributed by atoms with E-state index in [1.165, 1.54) is 9.80 Å². The van der Waals surface area contributed by atoms with E-state index in [2.05, 4.69) is 16.6 Å². The van der Waals surface area contributed by atoms with Crippen LogP contribution in [0, 0.1) is 13.8 Å². The van der Waals surface area contributed by atoms with Crippen LogP contribution < -0.4 is 4.57 Å². The van der Waals surface area contributed by atoms with Crippen molar-refractivity contribution in [3.63, 3.8) is 0 Å². The van der Waals surface area contributed by atoms with Gasteiger partial charge < -0.3 is 0 Å². The maximum atomic E-state index is 12.6. The summed E-state index contributed by atoms with van der Waals surface area (Å²) in [5.74, 6) is 0.806. The zero-order valence-corrected chi connectivity index (χ0v) is 11.7. The number of urea groups is 1. The number of hydrogen-bond acceptors (Lipinski definition) is 3. The molecule has 1 unspecified atom stereocenters. The fourth-order valence-corrected chi connectivity index (χ4v) is 2.64. The Bertz CT molecular complexity index is 673. The Morgan fingerprint density at radius 2 is 2.15 bits per heavy atom. The molecule has 7 heteroatoms. The van der Waals surface area contributed by atoms with Crippen molar-refractivity contribution in [2.75, 3.05) is 13.6 Å². The second-order valence-corrected chi connectivity index (χ2v) is 4.98. The zero-order chi connectivity index (χ0) is 14.6. The van der Waals surface area contributed by atoms with Crippen molar-refractivity contribution in [3.05, 3.63) is 24.0 Å². The van der Waals surface area contributed by atoms with Gasteiger partial charge in [-0.25, -0.2) is 14.3 Å². The highest BCUT2D eigenvalue weighted by Crippen LogP contribution is 2.28. The monoisotopic (exact) mass is 274 g/mol. The van der Waals surface area contributed by atoms with Gasteiger partial charge in [0.1, 0.15) is 11.4 Å². The number of rotatable bonds is 2. The van der Waals surface area contributed by atoms with Crippen molar-refractivity contribution >= 4 is 23.7 Å². The summed E-state index contributed by atoms with van der Waals surface area (Å²) in [6.45, 7) is 7.65. The van der Waals surface area contributed by atoms with Gasteiger partial charge in [-0.15, -0.1) is 6.58 Å². The number of imidazole rings is 1. The Morgan fingerprint density at radius 3 is 2.80 bits per heavy atom. The molecule has 3 amide bonds. The van der Waals surface area contributed by atoms with E-state index in [4.69, 9.17) is 0 Å². The van der Waals surface area contributed by atoms with E-state index < -0.39 is 6.04 Å². The fraction of sp³-hybridized carbons (Fsp3) is 0.385. The van der Waals surface area contributed by atoms with Gasteiger partial charge in [0.15, 0.2) is 0 Å². The number of nitrogens with zero attached hydrogens (tertiary/aromatic N) is 4. The molecular formula is C13H16N5O2+. The highest BCUT2D eigenvalue weighted by Gasteiger charge is 2.52. The summed E-state index contributed by atoms with van der Waals surface area (Å²) in [6, 6.07) is -0.942. The van der Waals surface area contributed by atoms with Crippen LogP contribution in [0.4, 0.5) is 10.7 Å². The standard InChI is InChI=1S/C13H15N5O2/c1-5-6-17-11(19)9-10(16(4)13(17)20)15-12-14-7(2)8(3)18(9)12/h5,9H,1,6H2,2-4H3/p+1. The van der Waals surface area contributed by atoms with E-state index in [0.717, 1.165) is 11.4 Å². The Hall–Kier alpha value is -2.44. The van der Waals surface area contributed by atoms with Crippen LogP contribution >= 0.6 is 0 Å². The molecule has 0 spiro atoms. The van der Waals surface area contributed by atoms with E-state index in [9.17, 15) is 9.59 Å². The number of aromatic nitrogens is 2. The maximum Gasteiger partial charge on any atom is 0.399 e. The Labute approximate surface area is 116 Å². The number of aryl methyl sites for hydroxylation is 1. The number of nitrogens with one attached hydrogen (secondary N) is 1. The number of hydrogen-bond donors (Lipinski definition) is 1. The van der Waals surface area contributed by atoms with E-state index in [1.807, 2.05) is 18.4 Å². The number of aromatic amines is 1. The molecule has 1 aromatic heterocycles. The lowest BCUT2D eigenvalue weighted by Gasteiger charge is -2.32. The quantitative estimate of drug-likeness (QED) is 0.633. The molecule has 1 aromatic rings. The normalized spacial score (nSPS) is 20.9. The van der Waals surface area contributed by atoms with Crippen LogP contribution in [-0.4, -0.2) is 46.2 Å². The second-order valence-electron chi connectivity index (χ2n) is 4.98. The summed E-state index contributed by atoms with van der Waals surface area (Å²) in [4.78, 5) is 34.9. The zero-order valence-electron chi connectivity index (χ0n) is 11.7. The first-order valence-corrected chi connectivity index (χ1v) is 6.36. The van der Waals surface area contributed by atoms with Crippen molar-refractivity contribution in [1.29, 1.82) is 0 Å². The lowest BCUT2D eigenvalue weighted by atomic mass is 10.1. The van der Waals surface area contributed by atoms with Gasteiger partial charge in [-0.2, -0.15) is 0 Å². The third-order valence-corrected chi connectivity index (χ3v) is 3.83. The largest absolute Gasteiger partial charge is 0.399 e. The molecule has 3 heterocycles. The minimum absolute atomic E-state index is 0.199. The first-order valence-electron chi connectivity index (χ1n) is 6.36. The van der Waals surface area contributed by atoms with Gasteiger partial charge in [0.25, 0.3) is 5.91 Å². The number of aliphatic imine (C=N–C) groups is 1. The average Bonchev–Trinajstić information content (AvgIpc) is 2.91. The Kier molecular flexibility index (Phi) is 2.53. The van der Waals surface area contributed by atoms with Crippen molar-refractivity contribution in [1.82, 2.24) is 14.8 Å². The SMILES string of the molecule is C=CCN1C(=O)C2C(=Nc3[nH]c(C)c(C)[n+]32)N(C)C1=O. The van der Waals surface area contributed by atoms with Crippen LogP contribution in [0.1, 0.15) is 17.4 Å². The number of carbonyl (C=O) groups excluding carboxylic acids is 2. The number of likely N-dealkylation sites (N-methyl/N-ethyl adjacent to an activating group) is 1. The van der Waals surface area contributed by atoms with E-state index in [1.54, 1.807) is 13.1 Å². The molecule has 1 saturated heterocycles. The van der Waals surface area contributed by atoms with E-state index >= 15 is 0 Å². The van der Waals surface area contributed by atoms with Gasteiger partial charge >= 0.3 is 12.0 Å². The molecule has 20 heavy (non-hydrogen) atoms. The predicted octanol–water partition coefficient (Wildman–Crippen LogP) is 0.584. The van der Waals surface area contributed by atoms with Crippen molar-refractivity contribution in [2.45, 2.75) is 19.9 Å². The number of H-pyrrole nitrogens is 1. The van der Waals surface area contributed by atoms with Gasteiger partial charge in [-0.3, -0.25) is 14.6 Å². The molecule has 0 aromatic carbocycles. The predicted molar refractivity (Wildman–Crippen MR) is 71.7 cm³/mol. The minimum Gasteiger partial charge on any atom is -0.270 e. The summed E-state index contributed by atoms with van der Waals surface area (Å²) in [7, 11) is 1.63. The van der Waals surface area contributed by atoms with Crippen molar-refractivity contribution in [2.24, 2.45) is 4.99 Å². The molecule has 0 radical (unpaired) electrons. The van der Waals surface area contributed by atoms with Crippen LogP contribution in [-0.2, 0) is 4.79 Å². The molecule has 7 nitrogen and oxygen atoms in total. The number of fused-ring (bicyclic) bond motifs is 3. The number of amidine groups is 1. The van der Waals surface area contributed by atoms with Crippen LogP contribution in [0.2, 0.25) is 0 Å². The highest BCUT2D eigenvalue weighted by atomic mass is 16.2. The molecule has 0 saturated carbocycles. The highest BCUT2D eigenvalue weighted by molar-refractivity contribution is 6.19. The smallest absolute Gasteiger partial charge is 0.270 e. The fourth-order valence-electron chi connectivity index (χ4n) is 2.64. The lowest BCUT2D eigenvalue weighted by Crippen LogP contribution is -2.63. The molecule has 1 N–H and O–H groups in total. The molecule has 0 bridgehead atoms. The second kappa shape index (κ2) is 4.03. The summed E-state index contributed by atoms with van der Waals surface area (Å²) in [6.07, 6.45) is 1.54. The van der Waals surface area contributed by atoms with Crippen molar-refractivity contribution in [3.8, 4) is 0 Å². The van der Waals surface area contributed by atoms with Crippen LogP contribution in [0.25, 0.3) is 0 Å². The Morgan fingerprint density at radius 1 is 1.45 bits per heavy atom. The number of imide groups is 1. The molecule has 1 atom stereocenters. The molecule has 2 aliphatic heterocycles. The summed E-state index contributed by atoms with van der Waals surface area (Å²) < 4.78 is 1.84.